The summed E-state index contributed by atoms with van der Waals surface area (Å²) < 4.78 is 39.7. The number of amides is 1. The first kappa shape index (κ1) is 15.1. The van der Waals surface area contributed by atoms with Crippen molar-refractivity contribution in [2.24, 2.45) is 0 Å². The van der Waals surface area contributed by atoms with E-state index >= 15 is 0 Å². The topological polar surface area (TPSA) is 68.2 Å². The van der Waals surface area contributed by atoms with E-state index in [0.717, 1.165) is 4.90 Å². The molecule has 1 aliphatic rings. The van der Waals surface area contributed by atoms with Crippen molar-refractivity contribution in [2.75, 3.05) is 33.9 Å². The quantitative estimate of drug-likeness (QED) is 0.754. The van der Waals surface area contributed by atoms with Crippen LogP contribution in [0.2, 0.25) is 0 Å². The van der Waals surface area contributed by atoms with Crippen molar-refractivity contribution in [3.05, 3.63) is 0 Å². The zero-order valence-corrected chi connectivity index (χ0v) is 10.3. The van der Waals surface area contributed by atoms with Crippen molar-refractivity contribution in [1.29, 1.82) is 0 Å². The highest BCUT2D eigenvalue weighted by Crippen LogP contribution is 2.29. The summed E-state index contributed by atoms with van der Waals surface area (Å²) in [6, 6.07) is 0. The number of carboxylic acid groups (broad SMARTS) is 1. The fourth-order valence-electron chi connectivity index (χ4n) is 1.97. The second-order valence-corrected chi connectivity index (χ2v) is 3.91. The van der Waals surface area contributed by atoms with Gasteiger partial charge in [-0.2, -0.15) is 0 Å². The third-order valence-electron chi connectivity index (χ3n) is 2.99. The van der Waals surface area contributed by atoms with E-state index in [9.17, 15) is 13.6 Å². The molecule has 1 rings (SSSR count). The Balaban J connectivity index is 2.75. The lowest BCUT2D eigenvalue weighted by molar-refractivity contribution is -0.289. The normalized spacial score (nSPS) is 23.4. The smallest absolute Gasteiger partial charge is 0.407 e. The van der Waals surface area contributed by atoms with E-state index in [1.165, 1.54) is 14.2 Å². The Hall–Kier alpha value is -0.990. The number of ether oxygens (including phenoxy) is 3. The molecule has 1 amide bonds. The van der Waals surface area contributed by atoms with Gasteiger partial charge >= 0.3 is 6.09 Å². The van der Waals surface area contributed by atoms with E-state index in [-0.39, 0.29) is 19.5 Å². The molecule has 0 spiro atoms. The van der Waals surface area contributed by atoms with Crippen LogP contribution in [0.4, 0.5) is 13.6 Å². The second-order valence-electron chi connectivity index (χ2n) is 3.91. The average Bonchev–Trinajstić information content (AvgIpc) is 2.35. The second kappa shape index (κ2) is 6.26. The molecular formula is C10H17F2NO5. The SMILES string of the molecule is COC1(OC)CCN(C(=O)O)CC1OCC(F)F. The monoisotopic (exact) mass is 269 g/mol. The molecule has 6 nitrogen and oxygen atoms in total. The van der Waals surface area contributed by atoms with Gasteiger partial charge in [-0.25, -0.2) is 13.6 Å². The Morgan fingerprint density at radius 1 is 1.50 bits per heavy atom. The fraction of sp³-hybridized carbons (Fsp3) is 0.900. The third-order valence-corrected chi connectivity index (χ3v) is 2.99. The molecule has 1 N–H and O–H groups in total. The van der Waals surface area contributed by atoms with Crippen LogP contribution in [0.15, 0.2) is 0 Å². The van der Waals surface area contributed by atoms with Crippen LogP contribution in [0.25, 0.3) is 0 Å². The van der Waals surface area contributed by atoms with Gasteiger partial charge in [0.05, 0.1) is 6.54 Å². The van der Waals surface area contributed by atoms with E-state index in [1.54, 1.807) is 0 Å². The number of likely N-dealkylation sites (tertiary alicyclic amines) is 1. The third kappa shape index (κ3) is 3.27. The molecule has 0 bridgehead atoms. The van der Waals surface area contributed by atoms with E-state index in [0.29, 0.717) is 0 Å². The first-order valence-electron chi connectivity index (χ1n) is 5.43. The Morgan fingerprint density at radius 3 is 2.56 bits per heavy atom. The lowest BCUT2D eigenvalue weighted by atomic mass is 10.0. The van der Waals surface area contributed by atoms with Gasteiger partial charge in [-0.1, -0.05) is 0 Å². The number of rotatable bonds is 5. The maximum atomic E-state index is 12.2. The van der Waals surface area contributed by atoms with Crippen LogP contribution >= 0.6 is 0 Å². The van der Waals surface area contributed by atoms with E-state index in [4.69, 9.17) is 19.3 Å². The van der Waals surface area contributed by atoms with Crippen molar-refractivity contribution >= 4 is 6.09 Å². The van der Waals surface area contributed by atoms with Crippen molar-refractivity contribution < 1.29 is 32.9 Å². The Morgan fingerprint density at radius 2 is 2.11 bits per heavy atom. The first-order valence-corrected chi connectivity index (χ1v) is 5.43. The molecule has 8 heteroatoms. The number of halogens is 2. The maximum Gasteiger partial charge on any atom is 0.407 e. The number of hydrogen-bond donors (Lipinski definition) is 1. The minimum absolute atomic E-state index is 0.0657. The first-order chi connectivity index (χ1) is 8.45. The molecule has 1 fully saturated rings. The number of piperidine rings is 1. The Kier molecular flexibility index (Phi) is 5.24. The van der Waals surface area contributed by atoms with Crippen molar-refractivity contribution in [1.82, 2.24) is 4.90 Å². The molecule has 0 aromatic rings. The van der Waals surface area contributed by atoms with Crippen molar-refractivity contribution in [3.63, 3.8) is 0 Å². The van der Waals surface area contributed by atoms with Gasteiger partial charge in [0.2, 0.25) is 0 Å². The lowest BCUT2D eigenvalue weighted by Crippen LogP contribution is -2.59. The molecular weight excluding hydrogens is 252 g/mol. The van der Waals surface area contributed by atoms with Gasteiger partial charge in [-0.05, 0) is 0 Å². The standard InChI is InChI=1S/C10H17F2NO5/c1-16-10(17-2)3-4-13(9(14)15)5-7(10)18-6-8(11)12/h7-8H,3-6H2,1-2H3,(H,14,15). The van der Waals surface area contributed by atoms with E-state index in [2.05, 4.69) is 0 Å². The summed E-state index contributed by atoms with van der Waals surface area (Å²) in [5.41, 5.74) is 0. The van der Waals surface area contributed by atoms with Gasteiger partial charge in [0.15, 0.2) is 5.79 Å². The summed E-state index contributed by atoms with van der Waals surface area (Å²) >= 11 is 0. The molecule has 1 aliphatic heterocycles. The Bertz CT molecular complexity index is 285. The zero-order valence-electron chi connectivity index (χ0n) is 10.3. The zero-order chi connectivity index (χ0) is 13.8. The van der Waals surface area contributed by atoms with Crippen LogP contribution in [0.5, 0.6) is 0 Å². The predicted octanol–water partition coefficient (Wildman–Crippen LogP) is 1.01. The highest BCUT2D eigenvalue weighted by atomic mass is 19.3. The summed E-state index contributed by atoms with van der Waals surface area (Å²) in [6.07, 6.45) is -4.41. The molecule has 106 valence electrons. The van der Waals surface area contributed by atoms with Crippen LogP contribution in [-0.4, -0.2) is 68.3 Å². The number of alkyl halides is 2. The lowest BCUT2D eigenvalue weighted by Gasteiger charge is -2.44. The molecule has 1 heterocycles. The van der Waals surface area contributed by atoms with Gasteiger partial charge in [0.25, 0.3) is 6.43 Å². The summed E-state index contributed by atoms with van der Waals surface area (Å²) in [7, 11) is 2.75. The van der Waals surface area contributed by atoms with Gasteiger partial charge in [0.1, 0.15) is 12.7 Å². The molecule has 1 saturated heterocycles. The number of hydrogen-bond acceptors (Lipinski definition) is 4. The minimum atomic E-state index is -2.63. The number of nitrogens with zero attached hydrogens (tertiary/aromatic N) is 1. The van der Waals surface area contributed by atoms with Crippen molar-refractivity contribution in [3.8, 4) is 0 Å². The number of methoxy groups -OCH3 is 2. The minimum Gasteiger partial charge on any atom is -0.465 e. The van der Waals surface area contributed by atoms with Crippen LogP contribution < -0.4 is 0 Å². The molecule has 0 radical (unpaired) electrons. The molecule has 1 atom stereocenters. The fourth-order valence-corrected chi connectivity index (χ4v) is 1.97. The van der Waals surface area contributed by atoms with Crippen LogP contribution in [-0.2, 0) is 14.2 Å². The molecule has 0 saturated carbocycles. The maximum absolute atomic E-state index is 12.2. The highest BCUT2D eigenvalue weighted by molar-refractivity contribution is 5.65. The predicted molar refractivity (Wildman–Crippen MR) is 56.7 cm³/mol. The molecule has 0 aromatic heterocycles. The summed E-state index contributed by atoms with van der Waals surface area (Å²) in [6.45, 7) is -0.651. The van der Waals surface area contributed by atoms with Crippen LogP contribution in [0, 0.1) is 0 Å². The number of carbonyl (C=O) groups is 1. The van der Waals surface area contributed by atoms with Gasteiger partial charge in [-0.15, -0.1) is 0 Å². The molecule has 0 aromatic carbocycles. The molecule has 1 unspecified atom stereocenters. The van der Waals surface area contributed by atoms with E-state index in [1.807, 2.05) is 0 Å². The van der Waals surface area contributed by atoms with Gasteiger partial charge in [-0.3, -0.25) is 0 Å². The van der Waals surface area contributed by atoms with Crippen molar-refractivity contribution in [2.45, 2.75) is 24.7 Å². The largest absolute Gasteiger partial charge is 0.465 e. The Labute approximate surface area is 103 Å². The molecule has 0 aliphatic carbocycles. The van der Waals surface area contributed by atoms with Gasteiger partial charge < -0.3 is 24.2 Å². The van der Waals surface area contributed by atoms with Crippen LogP contribution in [0.1, 0.15) is 6.42 Å². The summed E-state index contributed by atoms with van der Waals surface area (Å²) in [5.74, 6) is -1.18. The summed E-state index contributed by atoms with van der Waals surface area (Å²) in [4.78, 5) is 12.0. The van der Waals surface area contributed by atoms with Gasteiger partial charge in [0, 0.05) is 27.2 Å². The average molecular weight is 269 g/mol. The van der Waals surface area contributed by atoms with Crippen LogP contribution in [0.3, 0.4) is 0 Å². The molecule has 18 heavy (non-hydrogen) atoms. The van der Waals surface area contributed by atoms with E-state index < -0.39 is 31.0 Å². The highest BCUT2D eigenvalue weighted by Gasteiger charge is 2.46. The summed E-state index contributed by atoms with van der Waals surface area (Å²) in [5, 5.41) is 8.89.